The average Bonchev–Trinajstić information content (AvgIpc) is 2.02. The number of methoxy groups -OCH3 is 1. The van der Waals surface area contributed by atoms with E-state index >= 15 is 0 Å². The Kier molecular flexibility index (Phi) is 2.55. The largest absolute Gasteiger partial charge is 0.494 e. The molecule has 0 bridgehead atoms. The second-order valence-electron chi connectivity index (χ2n) is 2.57. The Morgan fingerprint density at radius 2 is 1.86 bits per heavy atom. The minimum Gasteiger partial charge on any atom is -0.494 e. The van der Waals surface area contributed by atoms with Crippen molar-refractivity contribution in [1.82, 2.24) is 0 Å². The van der Waals surface area contributed by atoms with Crippen molar-refractivity contribution in [3.8, 4) is 5.75 Å². The first kappa shape index (κ1) is 10.6. The monoisotopic (exact) mass is 209 g/mol. The number of rotatable bonds is 1. The predicted octanol–water partition coefficient (Wildman–Crippen LogP) is 2.44. The quantitative estimate of drug-likeness (QED) is 0.569. The summed E-state index contributed by atoms with van der Waals surface area (Å²) < 4.78 is 54.0. The number of benzene rings is 1. The topological polar surface area (TPSA) is 35.2 Å². The molecule has 1 aromatic rings. The van der Waals surface area contributed by atoms with E-state index in [9.17, 15) is 17.6 Å². The van der Waals surface area contributed by atoms with Crippen molar-refractivity contribution in [2.24, 2.45) is 0 Å². The van der Waals surface area contributed by atoms with Gasteiger partial charge in [0.15, 0.2) is 11.6 Å². The lowest BCUT2D eigenvalue weighted by atomic mass is 10.1. The molecule has 0 spiro atoms. The third kappa shape index (κ3) is 1.89. The zero-order valence-corrected chi connectivity index (χ0v) is 7.15. The number of nitrogen functional groups attached to an aromatic ring is 1. The van der Waals surface area contributed by atoms with Gasteiger partial charge in [-0.3, -0.25) is 0 Å². The van der Waals surface area contributed by atoms with Crippen molar-refractivity contribution in [2.45, 2.75) is 6.18 Å². The van der Waals surface area contributed by atoms with Crippen molar-refractivity contribution in [3.05, 3.63) is 23.5 Å². The second kappa shape index (κ2) is 3.36. The third-order valence-electron chi connectivity index (χ3n) is 1.63. The summed E-state index contributed by atoms with van der Waals surface area (Å²) in [6.45, 7) is 0. The lowest BCUT2D eigenvalue weighted by molar-refractivity contribution is -0.137. The van der Waals surface area contributed by atoms with Crippen LogP contribution in [0.2, 0.25) is 0 Å². The zero-order chi connectivity index (χ0) is 10.9. The van der Waals surface area contributed by atoms with Crippen LogP contribution in [0.4, 0.5) is 23.2 Å². The highest BCUT2D eigenvalue weighted by molar-refractivity contribution is 5.52. The van der Waals surface area contributed by atoms with Gasteiger partial charge in [0.25, 0.3) is 0 Å². The molecule has 0 aliphatic carbocycles. The first-order chi connectivity index (χ1) is 6.36. The van der Waals surface area contributed by atoms with Gasteiger partial charge in [-0.25, -0.2) is 4.39 Å². The summed E-state index contributed by atoms with van der Waals surface area (Å²) in [5.41, 5.74) is 3.26. The maximum atomic E-state index is 12.8. The van der Waals surface area contributed by atoms with Gasteiger partial charge in [0.2, 0.25) is 0 Å². The summed E-state index contributed by atoms with van der Waals surface area (Å²) in [7, 11) is 1.08. The molecule has 0 radical (unpaired) electrons. The molecular weight excluding hydrogens is 202 g/mol. The Morgan fingerprint density at radius 3 is 2.29 bits per heavy atom. The van der Waals surface area contributed by atoms with Crippen molar-refractivity contribution < 1.29 is 22.3 Å². The highest BCUT2D eigenvalue weighted by atomic mass is 19.4. The Bertz CT molecular complexity index is 348. The van der Waals surface area contributed by atoms with Gasteiger partial charge in [-0.05, 0) is 6.07 Å². The maximum absolute atomic E-state index is 12.8. The normalized spacial score (nSPS) is 11.5. The number of anilines is 1. The van der Waals surface area contributed by atoms with Crippen LogP contribution in [0.3, 0.4) is 0 Å². The first-order valence-electron chi connectivity index (χ1n) is 3.56. The highest BCUT2D eigenvalue weighted by Crippen LogP contribution is 2.36. The standard InChI is InChI=1S/C8H7F4NO/c1-14-7-2-4(8(10,11)12)6(13)3-5(7)9/h2-3H,13H2,1H3. The summed E-state index contributed by atoms with van der Waals surface area (Å²) >= 11 is 0. The van der Waals surface area contributed by atoms with Crippen LogP contribution in [0.1, 0.15) is 5.56 Å². The molecule has 14 heavy (non-hydrogen) atoms. The lowest BCUT2D eigenvalue weighted by Crippen LogP contribution is -2.09. The fourth-order valence-corrected chi connectivity index (χ4v) is 0.971. The van der Waals surface area contributed by atoms with Gasteiger partial charge in [-0.15, -0.1) is 0 Å². The second-order valence-corrected chi connectivity index (χ2v) is 2.57. The molecular formula is C8H7F4NO. The first-order valence-corrected chi connectivity index (χ1v) is 3.56. The van der Waals surface area contributed by atoms with E-state index in [2.05, 4.69) is 4.74 Å². The van der Waals surface area contributed by atoms with Crippen LogP contribution in [0.15, 0.2) is 12.1 Å². The average molecular weight is 209 g/mol. The van der Waals surface area contributed by atoms with Crippen LogP contribution in [0.5, 0.6) is 5.75 Å². The molecule has 0 saturated carbocycles. The summed E-state index contributed by atoms with van der Waals surface area (Å²) in [6, 6.07) is 1.12. The lowest BCUT2D eigenvalue weighted by Gasteiger charge is -2.11. The number of hydrogen-bond acceptors (Lipinski definition) is 2. The molecule has 2 nitrogen and oxygen atoms in total. The molecule has 0 fully saturated rings. The zero-order valence-electron chi connectivity index (χ0n) is 7.15. The van der Waals surface area contributed by atoms with Gasteiger partial charge in [0.1, 0.15) is 0 Å². The van der Waals surface area contributed by atoms with Gasteiger partial charge in [0, 0.05) is 11.8 Å². The number of nitrogens with two attached hydrogens (primary N) is 1. The van der Waals surface area contributed by atoms with Crippen LogP contribution in [-0.4, -0.2) is 7.11 Å². The molecule has 2 N–H and O–H groups in total. The summed E-state index contributed by atoms with van der Waals surface area (Å²) in [5, 5.41) is 0. The van der Waals surface area contributed by atoms with E-state index in [4.69, 9.17) is 5.73 Å². The molecule has 0 saturated heterocycles. The van der Waals surface area contributed by atoms with Crippen LogP contribution in [0, 0.1) is 5.82 Å². The molecule has 0 aliphatic heterocycles. The minimum atomic E-state index is -4.61. The van der Waals surface area contributed by atoms with Crippen LogP contribution in [0.25, 0.3) is 0 Å². The van der Waals surface area contributed by atoms with Gasteiger partial charge in [-0.1, -0.05) is 0 Å². The maximum Gasteiger partial charge on any atom is 0.418 e. The Morgan fingerprint density at radius 1 is 1.29 bits per heavy atom. The van der Waals surface area contributed by atoms with E-state index in [1.54, 1.807) is 0 Å². The van der Waals surface area contributed by atoms with Gasteiger partial charge < -0.3 is 10.5 Å². The van der Waals surface area contributed by atoms with Gasteiger partial charge in [-0.2, -0.15) is 13.2 Å². The Hall–Kier alpha value is -1.46. The van der Waals surface area contributed by atoms with Crippen molar-refractivity contribution >= 4 is 5.69 Å². The molecule has 0 amide bonds. The molecule has 0 unspecified atom stereocenters. The number of ether oxygens (including phenoxy) is 1. The van der Waals surface area contributed by atoms with Gasteiger partial charge in [0.05, 0.1) is 12.7 Å². The van der Waals surface area contributed by atoms with E-state index in [0.717, 1.165) is 7.11 Å². The Labute approximate surface area is 77.3 Å². The van der Waals surface area contributed by atoms with Crippen LogP contribution in [-0.2, 0) is 6.18 Å². The third-order valence-corrected chi connectivity index (χ3v) is 1.63. The molecule has 0 heterocycles. The minimum absolute atomic E-state index is 0.480. The number of alkyl halides is 3. The molecule has 0 atom stereocenters. The fourth-order valence-electron chi connectivity index (χ4n) is 0.971. The molecule has 1 rings (SSSR count). The fraction of sp³-hybridized carbons (Fsp3) is 0.250. The van der Waals surface area contributed by atoms with E-state index in [1.807, 2.05) is 0 Å². The molecule has 6 heteroatoms. The molecule has 1 aromatic carbocycles. The molecule has 78 valence electrons. The van der Waals surface area contributed by atoms with Crippen molar-refractivity contribution in [3.63, 3.8) is 0 Å². The Balaban J connectivity index is 3.32. The summed E-state index contributed by atoms with van der Waals surface area (Å²) in [6.07, 6.45) is -4.61. The van der Waals surface area contributed by atoms with E-state index in [1.165, 1.54) is 0 Å². The van der Waals surface area contributed by atoms with E-state index in [0.29, 0.717) is 12.1 Å². The van der Waals surface area contributed by atoms with E-state index < -0.39 is 29.0 Å². The number of halogens is 4. The van der Waals surface area contributed by atoms with Crippen LogP contribution >= 0.6 is 0 Å². The smallest absolute Gasteiger partial charge is 0.418 e. The summed E-state index contributed by atoms with van der Waals surface area (Å²) in [4.78, 5) is 0. The number of hydrogen-bond donors (Lipinski definition) is 1. The molecule has 0 aromatic heterocycles. The van der Waals surface area contributed by atoms with Crippen molar-refractivity contribution in [1.29, 1.82) is 0 Å². The molecule has 0 aliphatic rings. The van der Waals surface area contributed by atoms with E-state index in [-0.39, 0.29) is 0 Å². The highest BCUT2D eigenvalue weighted by Gasteiger charge is 2.34. The summed E-state index contributed by atoms with van der Waals surface area (Å²) in [5.74, 6) is -1.40. The predicted molar refractivity (Wildman–Crippen MR) is 42.4 cm³/mol. The van der Waals surface area contributed by atoms with Gasteiger partial charge >= 0.3 is 6.18 Å². The SMILES string of the molecule is COc1cc(C(F)(F)F)c(N)cc1F. The van der Waals surface area contributed by atoms with Crippen molar-refractivity contribution in [2.75, 3.05) is 12.8 Å². The van der Waals surface area contributed by atoms with Crippen LogP contribution < -0.4 is 10.5 Å².